The summed E-state index contributed by atoms with van der Waals surface area (Å²) in [6, 6.07) is 7.01. The molecular weight excluding hydrogens is 278 g/mol. The van der Waals surface area contributed by atoms with Crippen molar-refractivity contribution in [3.63, 3.8) is 0 Å². The van der Waals surface area contributed by atoms with Gasteiger partial charge in [-0.05, 0) is 34.3 Å². The van der Waals surface area contributed by atoms with Crippen LogP contribution in [0.4, 0.5) is 0 Å². The molecule has 1 aromatic heterocycles. The van der Waals surface area contributed by atoms with Crippen LogP contribution in [0.25, 0.3) is 23.1 Å². The smallest absolute Gasteiger partial charge is 0.0491 e. The largest absolute Gasteiger partial charge is 0.344 e. The third-order valence-electron chi connectivity index (χ3n) is 5.49. The Bertz CT molecular complexity index is 866. The Morgan fingerprint density at radius 3 is 2.17 bits per heavy atom. The molecule has 2 aromatic rings. The molecule has 2 unspecified atom stereocenters. The molecule has 1 heterocycles. The molecule has 0 saturated heterocycles. The number of aromatic nitrogens is 1. The van der Waals surface area contributed by atoms with Gasteiger partial charge in [0.05, 0.1) is 0 Å². The Labute approximate surface area is 140 Å². The standard InChI is InChI=1S/C22H31N/c1-14-11-17-16-10-9-15(21(2,3)4)12-19(16)23(8)20(17)13-18(14)22(5,6)7/h9-14,18H,1-8H3. The Morgan fingerprint density at radius 1 is 0.957 bits per heavy atom. The van der Waals surface area contributed by atoms with Gasteiger partial charge in [-0.1, -0.05) is 72.8 Å². The number of rotatable bonds is 0. The maximum absolute atomic E-state index is 2.51. The molecule has 23 heavy (non-hydrogen) atoms. The Kier molecular flexibility index (Phi) is 3.55. The second-order valence-corrected chi connectivity index (χ2v) is 9.42. The summed E-state index contributed by atoms with van der Waals surface area (Å²) in [6.07, 6.45) is 5.00. The first-order valence-corrected chi connectivity index (χ1v) is 8.83. The second kappa shape index (κ2) is 5.00. The van der Waals surface area contributed by atoms with Gasteiger partial charge in [-0.3, -0.25) is 0 Å². The lowest BCUT2D eigenvalue weighted by Gasteiger charge is -2.33. The molecule has 1 heteroatoms. The highest BCUT2D eigenvalue weighted by atomic mass is 14.9. The number of nitrogens with zero attached hydrogens (tertiary/aromatic N) is 1. The third-order valence-corrected chi connectivity index (χ3v) is 5.49. The molecule has 0 aliphatic heterocycles. The lowest BCUT2D eigenvalue weighted by molar-refractivity contribution is 0.268. The van der Waals surface area contributed by atoms with Crippen LogP contribution in [0.1, 0.15) is 54.0 Å². The summed E-state index contributed by atoms with van der Waals surface area (Å²) in [5, 5.41) is 4.21. The van der Waals surface area contributed by atoms with Gasteiger partial charge in [0.1, 0.15) is 0 Å². The minimum Gasteiger partial charge on any atom is -0.344 e. The SMILES string of the molecule is CC1C=c2c(n(C)c3cc(C(C)(C)C)ccc23)=CC1C(C)(C)C. The minimum atomic E-state index is 0.188. The van der Waals surface area contributed by atoms with Crippen LogP contribution >= 0.6 is 0 Å². The van der Waals surface area contributed by atoms with Crippen molar-refractivity contribution in [2.45, 2.75) is 53.9 Å². The summed E-state index contributed by atoms with van der Waals surface area (Å²) in [5.74, 6) is 1.16. The van der Waals surface area contributed by atoms with E-state index in [4.69, 9.17) is 0 Å². The van der Waals surface area contributed by atoms with Gasteiger partial charge in [0.25, 0.3) is 0 Å². The molecule has 1 nitrogen and oxygen atoms in total. The fourth-order valence-corrected chi connectivity index (χ4v) is 4.06. The zero-order valence-corrected chi connectivity index (χ0v) is 16.0. The summed E-state index contributed by atoms with van der Waals surface area (Å²) in [5.41, 5.74) is 3.24. The van der Waals surface area contributed by atoms with E-state index < -0.39 is 0 Å². The highest BCUT2D eigenvalue weighted by molar-refractivity contribution is 5.83. The van der Waals surface area contributed by atoms with Crippen molar-refractivity contribution in [3.05, 3.63) is 34.3 Å². The summed E-state index contributed by atoms with van der Waals surface area (Å²) < 4.78 is 2.39. The van der Waals surface area contributed by atoms with Crippen LogP contribution in [-0.2, 0) is 12.5 Å². The molecule has 0 bridgehead atoms. The highest BCUT2D eigenvalue weighted by Crippen LogP contribution is 2.35. The maximum Gasteiger partial charge on any atom is 0.0491 e. The van der Waals surface area contributed by atoms with Gasteiger partial charge in [0.2, 0.25) is 0 Å². The first kappa shape index (κ1) is 16.4. The summed E-state index contributed by atoms with van der Waals surface area (Å²) in [4.78, 5) is 0. The van der Waals surface area contributed by atoms with Gasteiger partial charge < -0.3 is 4.57 Å². The summed E-state index contributed by atoms with van der Waals surface area (Å²) in [7, 11) is 2.22. The van der Waals surface area contributed by atoms with E-state index in [-0.39, 0.29) is 5.41 Å². The maximum atomic E-state index is 2.51. The van der Waals surface area contributed by atoms with E-state index in [2.05, 4.69) is 90.4 Å². The van der Waals surface area contributed by atoms with Crippen molar-refractivity contribution in [2.24, 2.45) is 24.3 Å². The number of hydrogen-bond donors (Lipinski definition) is 0. The van der Waals surface area contributed by atoms with Crippen LogP contribution < -0.4 is 10.6 Å². The molecular formula is C22H31N. The van der Waals surface area contributed by atoms with Crippen LogP contribution in [0.5, 0.6) is 0 Å². The molecule has 0 spiro atoms. The van der Waals surface area contributed by atoms with E-state index in [1.165, 1.54) is 27.0 Å². The van der Waals surface area contributed by atoms with Gasteiger partial charge in [-0.2, -0.15) is 0 Å². The highest BCUT2D eigenvalue weighted by Gasteiger charge is 2.29. The van der Waals surface area contributed by atoms with Gasteiger partial charge in [0.15, 0.2) is 0 Å². The van der Waals surface area contributed by atoms with Crippen molar-refractivity contribution in [1.82, 2.24) is 4.57 Å². The molecule has 2 atom stereocenters. The predicted octanol–water partition coefficient (Wildman–Crippen LogP) is 4.35. The molecule has 0 amide bonds. The van der Waals surface area contributed by atoms with Crippen molar-refractivity contribution in [2.75, 3.05) is 0 Å². The van der Waals surface area contributed by atoms with E-state index >= 15 is 0 Å². The molecule has 0 fully saturated rings. The number of fused-ring (bicyclic) bond motifs is 3. The predicted molar refractivity (Wildman–Crippen MR) is 102 cm³/mol. The van der Waals surface area contributed by atoms with Crippen LogP contribution in [0.3, 0.4) is 0 Å². The molecule has 3 rings (SSSR count). The molecule has 0 saturated carbocycles. The Morgan fingerprint density at radius 2 is 1.61 bits per heavy atom. The first-order chi connectivity index (χ1) is 10.5. The van der Waals surface area contributed by atoms with Gasteiger partial charge in [-0.15, -0.1) is 0 Å². The van der Waals surface area contributed by atoms with Crippen LogP contribution in [0.2, 0.25) is 0 Å². The minimum absolute atomic E-state index is 0.188. The van der Waals surface area contributed by atoms with Gasteiger partial charge in [-0.25, -0.2) is 0 Å². The number of benzene rings is 1. The average Bonchev–Trinajstić information content (AvgIpc) is 2.68. The van der Waals surface area contributed by atoms with Crippen molar-refractivity contribution in [3.8, 4) is 0 Å². The Balaban J connectivity index is 2.33. The average molecular weight is 309 g/mol. The molecule has 124 valence electrons. The third kappa shape index (κ3) is 2.65. The molecule has 1 aliphatic carbocycles. The summed E-state index contributed by atoms with van der Waals surface area (Å²) in [6.45, 7) is 16.3. The van der Waals surface area contributed by atoms with E-state index in [0.717, 1.165) is 0 Å². The Hall–Kier alpha value is -1.50. The van der Waals surface area contributed by atoms with E-state index in [1.54, 1.807) is 0 Å². The van der Waals surface area contributed by atoms with E-state index in [9.17, 15) is 0 Å². The van der Waals surface area contributed by atoms with Gasteiger partial charge >= 0.3 is 0 Å². The second-order valence-electron chi connectivity index (χ2n) is 9.42. The lowest BCUT2D eigenvalue weighted by Crippen LogP contribution is -2.38. The monoisotopic (exact) mass is 309 g/mol. The van der Waals surface area contributed by atoms with Crippen molar-refractivity contribution < 1.29 is 0 Å². The lowest BCUT2D eigenvalue weighted by atomic mass is 9.72. The van der Waals surface area contributed by atoms with E-state index in [1.807, 2.05) is 0 Å². The quantitative estimate of drug-likeness (QED) is 0.682. The normalized spacial score (nSPS) is 21.7. The zero-order valence-electron chi connectivity index (χ0n) is 16.0. The number of hydrogen-bond acceptors (Lipinski definition) is 0. The van der Waals surface area contributed by atoms with Crippen molar-refractivity contribution >= 4 is 23.1 Å². The first-order valence-electron chi connectivity index (χ1n) is 8.83. The van der Waals surface area contributed by atoms with Crippen LogP contribution in [0, 0.1) is 17.3 Å². The molecule has 0 N–H and O–H groups in total. The van der Waals surface area contributed by atoms with E-state index in [0.29, 0.717) is 17.3 Å². The molecule has 1 aliphatic rings. The van der Waals surface area contributed by atoms with Gasteiger partial charge in [0, 0.05) is 28.5 Å². The van der Waals surface area contributed by atoms with Crippen LogP contribution in [-0.4, -0.2) is 4.57 Å². The number of aryl methyl sites for hydroxylation is 1. The topological polar surface area (TPSA) is 4.93 Å². The molecule has 1 aromatic carbocycles. The zero-order chi connectivity index (χ0) is 17.2. The van der Waals surface area contributed by atoms with Crippen LogP contribution in [0.15, 0.2) is 18.2 Å². The molecule has 0 radical (unpaired) electrons. The fourth-order valence-electron chi connectivity index (χ4n) is 4.06. The fraction of sp³-hybridized carbons (Fsp3) is 0.545. The summed E-state index contributed by atoms with van der Waals surface area (Å²) >= 11 is 0. The van der Waals surface area contributed by atoms with Crippen molar-refractivity contribution in [1.29, 1.82) is 0 Å².